The van der Waals surface area contributed by atoms with Crippen LogP contribution in [0.25, 0.3) is 0 Å². The fourth-order valence-corrected chi connectivity index (χ4v) is 3.59. The predicted molar refractivity (Wildman–Crippen MR) is 78.4 cm³/mol. The van der Waals surface area contributed by atoms with Crippen LogP contribution in [0.4, 0.5) is 0 Å². The Kier molecular flexibility index (Phi) is 3.30. The number of rotatable bonds is 4. The average Bonchev–Trinajstić information content (AvgIpc) is 3.06. The summed E-state index contributed by atoms with van der Waals surface area (Å²) in [6, 6.07) is 7.92. The summed E-state index contributed by atoms with van der Waals surface area (Å²) < 4.78 is 0. The zero-order valence-corrected chi connectivity index (χ0v) is 12.1. The van der Waals surface area contributed by atoms with E-state index in [1.807, 2.05) is 12.1 Å². The first kappa shape index (κ1) is 13.0. The lowest BCUT2D eigenvalue weighted by molar-refractivity contribution is 0.262. The summed E-state index contributed by atoms with van der Waals surface area (Å²) in [6.45, 7) is 8.30. The second-order valence-electron chi connectivity index (χ2n) is 6.79. The van der Waals surface area contributed by atoms with Gasteiger partial charge in [-0.15, -0.1) is 0 Å². The molecule has 3 rings (SSSR count). The van der Waals surface area contributed by atoms with Crippen LogP contribution < -0.4 is 0 Å². The molecule has 1 aliphatic carbocycles. The van der Waals surface area contributed by atoms with Crippen LogP contribution in [0.15, 0.2) is 24.3 Å². The minimum Gasteiger partial charge on any atom is -0.508 e. The van der Waals surface area contributed by atoms with Crippen molar-refractivity contribution in [2.24, 2.45) is 11.8 Å². The molecular formula is C17H25NO. The summed E-state index contributed by atoms with van der Waals surface area (Å²) in [7, 11) is 0. The van der Waals surface area contributed by atoms with Crippen molar-refractivity contribution in [1.29, 1.82) is 0 Å². The number of hydrogen-bond acceptors (Lipinski definition) is 2. The molecule has 1 saturated carbocycles. The smallest absolute Gasteiger partial charge is 0.115 e. The molecule has 0 amide bonds. The highest BCUT2D eigenvalue weighted by Gasteiger charge is 2.43. The average molecular weight is 259 g/mol. The number of nitrogens with zero attached hydrogens (tertiary/aromatic N) is 1. The van der Waals surface area contributed by atoms with E-state index in [0.717, 1.165) is 12.5 Å². The van der Waals surface area contributed by atoms with E-state index in [-0.39, 0.29) is 5.41 Å². The van der Waals surface area contributed by atoms with E-state index >= 15 is 0 Å². The summed E-state index contributed by atoms with van der Waals surface area (Å²) in [6.07, 6.45) is 4.08. The molecule has 1 aromatic rings. The van der Waals surface area contributed by atoms with Crippen LogP contribution >= 0.6 is 0 Å². The molecule has 2 aliphatic rings. The van der Waals surface area contributed by atoms with Gasteiger partial charge in [0, 0.05) is 18.5 Å². The van der Waals surface area contributed by atoms with Gasteiger partial charge in [0.2, 0.25) is 0 Å². The molecule has 1 aliphatic heterocycles. The Labute approximate surface area is 116 Å². The first-order valence-electron chi connectivity index (χ1n) is 7.62. The third-order valence-corrected chi connectivity index (χ3v) is 5.12. The summed E-state index contributed by atoms with van der Waals surface area (Å²) in [5.74, 6) is 1.98. The van der Waals surface area contributed by atoms with Crippen molar-refractivity contribution in [2.75, 3.05) is 19.6 Å². The Hall–Kier alpha value is -1.02. The topological polar surface area (TPSA) is 23.5 Å². The monoisotopic (exact) mass is 259 g/mol. The first-order valence-corrected chi connectivity index (χ1v) is 7.62. The van der Waals surface area contributed by atoms with Crippen LogP contribution in [-0.2, 0) is 5.41 Å². The van der Waals surface area contributed by atoms with Gasteiger partial charge < -0.3 is 10.0 Å². The summed E-state index contributed by atoms with van der Waals surface area (Å²) in [5, 5.41) is 9.78. The van der Waals surface area contributed by atoms with Crippen LogP contribution in [0.5, 0.6) is 5.75 Å². The molecule has 1 atom stereocenters. The second-order valence-corrected chi connectivity index (χ2v) is 6.79. The number of phenolic OH excluding ortho intramolecular Hbond substituents is 1. The van der Waals surface area contributed by atoms with Crippen molar-refractivity contribution in [3.63, 3.8) is 0 Å². The normalized spacial score (nSPS) is 28.2. The third kappa shape index (κ3) is 2.51. The molecule has 104 valence electrons. The summed E-state index contributed by atoms with van der Waals surface area (Å²) >= 11 is 0. The standard InChI is InChI=1S/C17H25NO/c1-13(2)17(15-4-3-5-16(19)10-15)8-9-18(12-17)11-14-6-7-14/h3-5,10,13-14,19H,6-9,11-12H2,1-2H3/t17-/m0/s1. The quantitative estimate of drug-likeness (QED) is 0.896. The highest BCUT2D eigenvalue weighted by molar-refractivity contribution is 5.35. The number of likely N-dealkylation sites (tertiary alicyclic amines) is 1. The van der Waals surface area contributed by atoms with Gasteiger partial charge in [0.1, 0.15) is 5.75 Å². The van der Waals surface area contributed by atoms with Crippen molar-refractivity contribution < 1.29 is 5.11 Å². The van der Waals surface area contributed by atoms with Crippen molar-refractivity contribution in [3.05, 3.63) is 29.8 Å². The molecule has 1 aromatic carbocycles. The van der Waals surface area contributed by atoms with Crippen LogP contribution in [0.1, 0.15) is 38.7 Å². The highest BCUT2D eigenvalue weighted by Crippen LogP contribution is 2.43. The Morgan fingerprint density at radius 2 is 2.16 bits per heavy atom. The molecule has 19 heavy (non-hydrogen) atoms. The largest absolute Gasteiger partial charge is 0.508 e. The van der Waals surface area contributed by atoms with E-state index in [1.165, 1.54) is 37.9 Å². The third-order valence-electron chi connectivity index (χ3n) is 5.12. The molecule has 0 unspecified atom stereocenters. The number of aromatic hydroxyl groups is 1. The van der Waals surface area contributed by atoms with Gasteiger partial charge in [-0.05, 0) is 55.3 Å². The Morgan fingerprint density at radius 3 is 2.79 bits per heavy atom. The van der Waals surface area contributed by atoms with Crippen LogP contribution in [0.3, 0.4) is 0 Å². The van der Waals surface area contributed by atoms with Gasteiger partial charge in [-0.3, -0.25) is 0 Å². The van der Waals surface area contributed by atoms with E-state index in [4.69, 9.17) is 0 Å². The second kappa shape index (κ2) is 4.82. The first-order chi connectivity index (χ1) is 9.10. The lowest BCUT2D eigenvalue weighted by Crippen LogP contribution is -2.36. The van der Waals surface area contributed by atoms with Gasteiger partial charge in [0.05, 0.1) is 0 Å². The Morgan fingerprint density at radius 1 is 1.37 bits per heavy atom. The maximum absolute atomic E-state index is 9.78. The fourth-order valence-electron chi connectivity index (χ4n) is 3.59. The van der Waals surface area contributed by atoms with Crippen molar-refractivity contribution in [2.45, 2.75) is 38.5 Å². The Bertz CT molecular complexity index is 452. The van der Waals surface area contributed by atoms with Gasteiger partial charge in [0.15, 0.2) is 0 Å². The molecular weight excluding hydrogens is 234 g/mol. The van der Waals surface area contributed by atoms with Gasteiger partial charge in [-0.25, -0.2) is 0 Å². The van der Waals surface area contributed by atoms with E-state index in [2.05, 4.69) is 24.8 Å². The lowest BCUT2D eigenvalue weighted by atomic mass is 9.71. The molecule has 2 heteroatoms. The molecule has 1 N–H and O–H groups in total. The Balaban J connectivity index is 1.83. The van der Waals surface area contributed by atoms with Crippen molar-refractivity contribution >= 4 is 0 Å². The van der Waals surface area contributed by atoms with E-state index in [0.29, 0.717) is 11.7 Å². The molecule has 2 fully saturated rings. The van der Waals surface area contributed by atoms with E-state index in [9.17, 15) is 5.11 Å². The van der Waals surface area contributed by atoms with Crippen LogP contribution in [0, 0.1) is 11.8 Å². The maximum atomic E-state index is 9.78. The van der Waals surface area contributed by atoms with Gasteiger partial charge in [-0.1, -0.05) is 26.0 Å². The molecule has 1 heterocycles. The van der Waals surface area contributed by atoms with Crippen molar-refractivity contribution in [1.82, 2.24) is 4.90 Å². The minimum atomic E-state index is 0.230. The molecule has 0 aromatic heterocycles. The minimum absolute atomic E-state index is 0.230. The van der Waals surface area contributed by atoms with Crippen LogP contribution in [0.2, 0.25) is 0 Å². The van der Waals surface area contributed by atoms with Gasteiger partial charge >= 0.3 is 0 Å². The molecule has 1 saturated heterocycles. The van der Waals surface area contributed by atoms with Gasteiger partial charge in [0.25, 0.3) is 0 Å². The number of hydrogen-bond donors (Lipinski definition) is 1. The van der Waals surface area contributed by atoms with E-state index in [1.54, 1.807) is 6.07 Å². The molecule has 2 nitrogen and oxygen atoms in total. The van der Waals surface area contributed by atoms with E-state index < -0.39 is 0 Å². The molecule has 0 radical (unpaired) electrons. The number of phenols is 1. The zero-order chi connectivity index (χ0) is 13.5. The highest BCUT2D eigenvalue weighted by atomic mass is 16.3. The van der Waals surface area contributed by atoms with Crippen LogP contribution in [-0.4, -0.2) is 29.6 Å². The fraction of sp³-hybridized carbons (Fsp3) is 0.647. The van der Waals surface area contributed by atoms with Crippen molar-refractivity contribution in [3.8, 4) is 5.75 Å². The number of benzene rings is 1. The van der Waals surface area contributed by atoms with Gasteiger partial charge in [-0.2, -0.15) is 0 Å². The lowest BCUT2D eigenvalue weighted by Gasteiger charge is -2.34. The SMILES string of the molecule is CC(C)[C@]1(c2cccc(O)c2)CCN(CC2CC2)C1. The summed E-state index contributed by atoms with van der Waals surface area (Å²) in [4.78, 5) is 2.64. The maximum Gasteiger partial charge on any atom is 0.115 e. The zero-order valence-electron chi connectivity index (χ0n) is 12.1. The summed E-state index contributed by atoms with van der Waals surface area (Å²) in [5.41, 5.74) is 1.55. The molecule has 0 bridgehead atoms. The molecule has 0 spiro atoms. The predicted octanol–water partition coefficient (Wildman–Crippen LogP) is 3.40.